The average molecular weight is 243 g/mol. The Balaban J connectivity index is 1.81. The molecule has 5 heteroatoms. The van der Waals surface area contributed by atoms with Gasteiger partial charge in [-0.3, -0.25) is 15.2 Å². The van der Waals surface area contributed by atoms with Crippen LogP contribution in [0.1, 0.15) is 24.8 Å². The minimum Gasteiger partial charge on any atom is -0.285 e. The van der Waals surface area contributed by atoms with E-state index in [9.17, 15) is 9.59 Å². The summed E-state index contributed by atoms with van der Waals surface area (Å²) in [6, 6.07) is 7.82. The summed E-state index contributed by atoms with van der Waals surface area (Å²) in [7, 11) is 0. The quantitative estimate of drug-likeness (QED) is 0.642. The first kappa shape index (κ1) is 11.0. The standard InChI is InChI=1S/C13H13N3O2/c17-9-14-13(6-7-13)10-1-3-11(4-2-10)16-8-5-12(18)15-16/h1-4H,5-8H2,(H,15,18). The van der Waals surface area contributed by atoms with Gasteiger partial charge in [0.1, 0.15) is 0 Å². The fraction of sp³-hybridized carbons (Fsp3) is 0.385. The van der Waals surface area contributed by atoms with Crippen LogP contribution in [-0.2, 0) is 15.1 Å². The van der Waals surface area contributed by atoms with Crippen LogP contribution in [-0.4, -0.2) is 18.5 Å². The maximum atomic E-state index is 11.1. The number of rotatable bonds is 3. The molecule has 92 valence electrons. The highest BCUT2D eigenvalue weighted by molar-refractivity contribution is 5.81. The summed E-state index contributed by atoms with van der Waals surface area (Å²) in [6.45, 7) is 0.690. The summed E-state index contributed by atoms with van der Waals surface area (Å²) in [5.41, 5.74) is 4.45. The first-order valence-electron chi connectivity index (χ1n) is 6.00. The topological polar surface area (TPSA) is 61.8 Å². The van der Waals surface area contributed by atoms with Gasteiger partial charge in [0.05, 0.1) is 11.2 Å². The van der Waals surface area contributed by atoms with Crippen LogP contribution in [0.4, 0.5) is 5.69 Å². The van der Waals surface area contributed by atoms with Crippen molar-refractivity contribution in [2.24, 2.45) is 4.99 Å². The van der Waals surface area contributed by atoms with E-state index in [0.717, 1.165) is 24.1 Å². The number of isocyanates is 1. The Labute approximate surface area is 104 Å². The van der Waals surface area contributed by atoms with E-state index >= 15 is 0 Å². The van der Waals surface area contributed by atoms with E-state index in [1.54, 1.807) is 6.08 Å². The summed E-state index contributed by atoms with van der Waals surface area (Å²) in [4.78, 5) is 25.4. The summed E-state index contributed by atoms with van der Waals surface area (Å²) in [5, 5.41) is 1.83. The monoisotopic (exact) mass is 243 g/mol. The van der Waals surface area contributed by atoms with Gasteiger partial charge >= 0.3 is 0 Å². The molecule has 1 amide bonds. The normalized spacial score (nSPS) is 20.2. The third-order valence-electron chi connectivity index (χ3n) is 3.52. The van der Waals surface area contributed by atoms with E-state index in [2.05, 4.69) is 10.4 Å². The molecule has 0 spiro atoms. The van der Waals surface area contributed by atoms with E-state index in [1.807, 2.05) is 29.3 Å². The van der Waals surface area contributed by atoms with Crippen LogP contribution in [0.3, 0.4) is 0 Å². The molecule has 0 atom stereocenters. The van der Waals surface area contributed by atoms with E-state index in [-0.39, 0.29) is 11.4 Å². The van der Waals surface area contributed by atoms with Crippen LogP contribution < -0.4 is 10.4 Å². The third-order valence-corrected chi connectivity index (χ3v) is 3.52. The second-order valence-electron chi connectivity index (χ2n) is 4.72. The second-order valence-corrected chi connectivity index (χ2v) is 4.72. The number of benzene rings is 1. The van der Waals surface area contributed by atoms with Gasteiger partial charge in [-0.1, -0.05) is 12.1 Å². The average Bonchev–Trinajstić information content (AvgIpc) is 3.04. The molecule has 2 fully saturated rings. The summed E-state index contributed by atoms with van der Waals surface area (Å²) in [5.74, 6) is 0.0447. The zero-order valence-electron chi connectivity index (χ0n) is 9.85. The van der Waals surface area contributed by atoms with Gasteiger partial charge in [-0.15, -0.1) is 0 Å². The lowest BCUT2D eigenvalue weighted by Crippen LogP contribution is -2.32. The lowest BCUT2D eigenvalue weighted by molar-refractivity contribution is -0.119. The van der Waals surface area contributed by atoms with Gasteiger partial charge in [-0.2, -0.15) is 4.99 Å². The van der Waals surface area contributed by atoms with Crippen LogP contribution in [0.5, 0.6) is 0 Å². The van der Waals surface area contributed by atoms with Crippen molar-refractivity contribution in [2.75, 3.05) is 11.6 Å². The van der Waals surface area contributed by atoms with Gasteiger partial charge in [0.2, 0.25) is 12.0 Å². The molecule has 1 aromatic carbocycles. The maximum absolute atomic E-state index is 11.1. The molecule has 1 heterocycles. The van der Waals surface area contributed by atoms with Gasteiger partial charge in [-0.05, 0) is 30.5 Å². The summed E-state index contributed by atoms with van der Waals surface area (Å²) in [6.07, 6.45) is 3.99. The Kier molecular flexibility index (Phi) is 2.42. The predicted molar refractivity (Wildman–Crippen MR) is 65.6 cm³/mol. The Morgan fingerprint density at radius 3 is 2.50 bits per heavy atom. The SMILES string of the molecule is O=C=NC1(c2ccc(N3CCC(=O)N3)cc2)CC1. The Morgan fingerprint density at radius 2 is 2.00 bits per heavy atom. The summed E-state index contributed by atoms with van der Waals surface area (Å²) >= 11 is 0. The van der Waals surface area contributed by atoms with Crippen molar-refractivity contribution in [1.29, 1.82) is 0 Å². The van der Waals surface area contributed by atoms with Gasteiger partial charge < -0.3 is 0 Å². The zero-order valence-corrected chi connectivity index (χ0v) is 9.85. The highest BCUT2D eigenvalue weighted by atomic mass is 16.2. The first-order valence-corrected chi connectivity index (χ1v) is 6.00. The molecule has 1 aliphatic carbocycles. The Morgan fingerprint density at radius 1 is 1.28 bits per heavy atom. The van der Waals surface area contributed by atoms with E-state index in [1.165, 1.54) is 0 Å². The van der Waals surface area contributed by atoms with E-state index in [0.29, 0.717) is 13.0 Å². The van der Waals surface area contributed by atoms with Gasteiger partial charge in [0, 0.05) is 13.0 Å². The molecule has 1 N–H and O–H groups in total. The van der Waals surface area contributed by atoms with E-state index < -0.39 is 0 Å². The smallest absolute Gasteiger partial charge is 0.240 e. The lowest BCUT2D eigenvalue weighted by atomic mass is 10.1. The number of carbonyl (C=O) groups excluding carboxylic acids is 2. The third kappa shape index (κ3) is 1.79. The number of hydrogen-bond donors (Lipinski definition) is 1. The van der Waals surface area contributed by atoms with Crippen LogP contribution in [0.2, 0.25) is 0 Å². The van der Waals surface area contributed by atoms with Crippen molar-refractivity contribution in [3.63, 3.8) is 0 Å². The molecule has 1 saturated carbocycles. The molecule has 3 rings (SSSR count). The van der Waals surface area contributed by atoms with Crippen molar-refractivity contribution < 1.29 is 9.59 Å². The lowest BCUT2D eigenvalue weighted by Gasteiger charge is -2.18. The van der Waals surface area contributed by atoms with Crippen LogP contribution >= 0.6 is 0 Å². The molecule has 0 unspecified atom stereocenters. The van der Waals surface area contributed by atoms with Crippen molar-refractivity contribution in [1.82, 2.24) is 5.43 Å². The number of hydrogen-bond acceptors (Lipinski definition) is 4. The van der Waals surface area contributed by atoms with Crippen LogP contribution in [0.15, 0.2) is 29.3 Å². The molecule has 0 radical (unpaired) electrons. The zero-order chi connectivity index (χ0) is 12.6. The largest absolute Gasteiger partial charge is 0.285 e. The highest BCUT2D eigenvalue weighted by Gasteiger charge is 2.44. The Hall–Kier alpha value is -2.13. The predicted octanol–water partition coefficient (Wildman–Crippen LogP) is 1.25. The van der Waals surface area contributed by atoms with Gasteiger partial charge in [0.25, 0.3) is 0 Å². The molecular weight excluding hydrogens is 230 g/mol. The Bertz CT molecular complexity index is 528. The number of nitrogens with zero attached hydrogens (tertiary/aromatic N) is 2. The molecule has 18 heavy (non-hydrogen) atoms. The summed E-state index contributed by atoms with van der Waals surface area (Å²) < 4.78 is 0. The van der Waals surface area contributed by atoms with Crippen LogP contribution in [0, 0.1) is 0 Å². The molecule has 1 saturated heterocycles. The van der Waals surface area contributed by atoms with E-state index in [4.69, 9.17) is 0 Å². The number of carbonyl (C=O) groups is 1. The van der Waals surface area contributed by atoms with Crippen molar-refractivity contribution in [3.05, 3.63) is 29.8 Å². The molecular formula is C13H13N3O2. The first-order chi connectivity index (χ1) is 8.73. The fourth-order valence-electron chi connectivity index (χ4n) is 2.29. The number of nitrogens with one attached hydrogen (secondary N) is 1. The van der Waals surface area contributed by atoms with Crippen molar-refractivity contribution >= 4 is 17.7 Å². The number of amides is 1. The molecule has 1 aliphatic heterocycles. The minimum atomic E-state index is -0.325. The van der Waals surface area contributed by atoms with Gasteiger partial charge in [0.15, 0.2) is 0 Å². The van der Waals surface area contributed by atoms with Gasteiger partial charge in [-0.25, -0.2) is 4.79 Å². The fourth-order valence-corrected chi connectivity index (χ4v) is 2.29. The second kappa shape index (κ2) is 3.96. The van der Waals surface area contributed by atoms with Crippen LogP contribution in [0.25, 0.3) is 0 Å². The number of hydrazine groups is 1. The number of anilines is 1. The molecule has 5 nitrogen and oxygen atoms in total. The molecule has 0 bridgehead atoms. The minimum absolute atomic E-state index is 0.0447. The molecule has 1 aromatic rings. The molecule has 0 aromatic heterocycles. The van der Waals surface area contributed by atoms with Crippen molar-refractivity contribution in [3.8, 4) is 0 Å². The molecule has 2 aliphatic rings. The highest BCUT2D eigenvalue weighted by Crippen LogP contribution is 2.49. The number of aliphatic imine (C=N–C) groups is 1. The van der Waals surface area contributed by atoms with Crippen molar-refractivity contribution in [2.45, 2.75) is 24.8 Å². The maximum Gasteiger partial charge on any atom is 0.240 e.